The van der Waals surface area contributed by atoms with Gasteiger partial charge in [-0.3, -0.25) is 0 Å². The van der Waals surface area contributed by atoms with Crippen LogP contribution in [0.25, 0.3) is 0 Å². The van der Waals surface area contributed by atoms with E-state index in [0.717, 1.165) is 0 Å². The molecule has 204 valence electrons. The highest BCUT2D eigenvalue weighted by atomic mass is 16.6. The van der Waals surface area contributed by atoms with E-state index in [2.05, 4.69) is 43.4 Å². The number of aliphatic hydroxyl groups is 6. The summed E-state index contributed by atoms with van der Waals surface area (Å²) < 4.78 is 24.6. The number of hydrogen-bond acceptors (Lipinski definition) is 18. The quantitative estimate of drug-likeness (QED) is 0.169. The van der Waals surface area contributed by atoms with Gasteiger partial charge in [0.1, 0.15) is 40.8 Å². The zero-order chi connectivity index (χ0) is 27.3. The van der Waals surface area contributed by atoms with Crippen LogP contribution >= 0.6 is 0 Å². The van der Waals surface area contributed by atoms with Crippen molar-refractivity contribution in [1.82, 2.24) is 15.0 Å². The summed E-state index contributed by atoms with van der Waals surface area (Å²) in [6.45, 7) is -1.08. The molecule has 0 bridgehead atoms. The molecule has 0 saturated carbocycles. The van der Waals surface area contributed by atoms with Gasteiger partial charge in [-0.1, -0.05) is 0 Å². The lowest BCUT2D eigenvalue weighted by Crippen LogP contribution is -2.05. The number of nitrogens with two attached hydrogens (primary N) is 3. The Hall–Kier alpha value is -2.07. The first kappa shape index (κ1) is 44.6. The van der Waals surface area contributed by atoms with Crippen LogP contribution in [-0.2, 0) is 28.4 Å². The van der Waals surface area contributed by atoms with Gasteiger partial charge in [0, 0.05) is 42.7 Å². The molecule has 1 aromatic heterocycles. The number of rotatable bonds is 6. The highest BCUT2D eigenvalue weighted by Crippen LogP contribution is 1.97. The Morgan fingerprint density at radius 2 is 0.515 bits per heavy atom. The summed E-state index contributed by atoms with van der Waals surface area (Å²) in [7, 11) is 8.58. The van der Waals surface area contributed by atoms with Crippen LogP contribution in [0.2, 0.25) is 0 Å². The Kier molecular flexibility index (Phi) is 70.4. The van der Waals surface area contributed by atoms with E-state index in [4.69, 9.17) is 47.8 Å². The molecule has 0 radical (unpaired) electrons. The van der Waals surface area contributed by atoms with Gasteiger partial charge in [-0.25, -0.2) is 0 Å². The molecular formula is C15H42N6O12. The number of ether oxygens (including phenoxy) is 6. The smallest absolute Gasteiger partial charge is 0.226 e. The lowest BCUT2D eigenvalue weighted by Gasteiger charge is -1.93. The summed E-state index contributed by atoms with van der Waals surface area (Å²) >= 11 is 0. The van der Waals surface area contributed by atoms with Crippen molar-refractivity contribution < 1.29 is 59.1 Å². The van der Waals surface area contributed by atoms with Crippen LogP contribution in [0.3, 0.4) is 0 Å². The van der Waals surface area contributed by atoms with E-state index in [1.165, 1.54) is 42.7 Å². The predicted molar refractivity (Wildman–Crippen MR) is 118 cm³/mol. The van der Waals surface area contributed by atoms with Crippen LogP contribution in [0.5, 0.6) is 0 Å². The van der Waals surface area contributed by atoms with E-state index in [1.807, 2.05) is 0 Å². The first-order valence-electron chi connectivity index (χ1n) is 8.29. The normalized spacial score (nSPS) is 8.00. The minimum Gasteiger partial charge on any atom is -0.371 e. The minimum atomic E-state index is -0.181. The van der Waals surface area contributed by atoms with Crippen molar-refractivity contribution in [3.63, 3.8) is 0 Å². The van der Waals surface area contributed by atoms with Crippen molar-refractivity contribution in [2.45, 2.75) is 0 Å². The van der Waals surface area contributed by atoms with Gasteiger partial charge in [-0.2, -0.15) is 15.0 Å². The molecule has 33 heavy (non-hydrogen) atoms. The van der Waals surface area contributed by atoms with Crippen LogP contribution in [-0.4, -0.2) is 129 Å². The van der Waals surface area contributed by atoms with Gasteiger partial charge in [0.2, 0.25) is 17.8 Å². The molecule has 0 aliphatic rings. The largest absolute Gasteiger partial charge is 0.371 e. The fraction of sp³-hybridized carbons (Fsp3) is 0.800. The van der Waals surface area contributed by atoms with Crippen molar-refractivity contribution in [2.24, 2.45) is 0 Å². The second-order valence-electron chi connectivity index (χ2n) is 3.92. The summed E-state index contributed by atoms with van der Waals surface area (Å²) in [5, 5.41) is 45.9. The Morgan fingerprint density at radius 3 is 0.576 bits per heavy atom. The summed E-state index contributed by atoms with van der Waals surface area (Å²) in [5.41, 5.74) is 15.4. The van der Waals surface area contributed by atoms with Crippen LogP contribution in [0.15, 0.2) is 0 Å². The molecule has 18 heteroatoms. The van der Waals surface area contributed by atoms with Crippen LogP contribution < -0.4 is 17.2 Å². The third-order valence-corrected chi connectivity index (χ3v) is 1.46. The van der Waals surface area contributed by atoms with Gasteiger partial charge in [0.25, 0.3) is 0 Å². The van der Waals surface area contributed by atoms with Gasteiger partial charge >= 0.3 is 0 Å². The maximum atomic E-state index is 7.65. The molecular weight excluding hydrogens is 456 g/mol. The molecule has 0 atom stereocenters. The maximum absolute atomic E-state index is 7.65. The Labute approximate surface area is 193 Å². The molecule has 1 heterocycles. The van der Waals surface area contributed by atoms with Gasteiger partial charge in [0.05, 0.1) is 0 Å². The fourth-order valence-corrected chi connectivity index (χ4v) is 0.427. The number of nitrogens with zero attached hydrogens (tertiary/aromatic N) is 3. The summed E-state index contributed by atoms with van der Waals surface area (Å²) in [4.78, 5) is 10.5. The molecule has 1 aromatic rings. The molecule has 0 aliphatic carbocycles. The number of methoxy groups -OCH3 is 6. The number of hydrogen-bond donors (Lipinski definition) is 9. The first-order valence-corrected chi connectivity index (χ1v) is 8.29. The van der Waals surface area contributed by atoms with E-state index in [9.17, 15) is 0 Å². The second-order valence-corrected chi connectivity index (χ2v) is 3.92. The van der Waals surface area contributed by atoms with Gasteiger partial charge in [0.15, 0.2) is 0 Å². The van der Waals surface area contributed by atoms with Crippen molar-refractivity contribution in [3.05, 3.63) is 0 Å². The Bertz CT molecular complexity index is 320. The first-order chi connectivity index (χ1) is 15.7. The van der Waals surface area contributed by atoms with Gasteiger partial charge < -0.3 is 76.3 Å². The van der Waals surface area contributed by atoms with Crippen LogP contribution in [0.4, 0.5) is 17.8 Å². The lowest BCUT2D eigenvalue weighted by molar-refractivity contribution is 0.0322. The molecule has 0 spiro atoms. The minimum absolute atomic E-state index is 0.0417. The zero-order valence-electron chi connectivity index (χ0n) is 19.9. The van der Waals surface area contributed by atoms with Crippen molar-refractivity contribution in [3.8, 4) is 0 Å². The average Bonchev–Trinajstić information content (AvgIpc) is 2.84. The van der Waals surface area contributed by atoms with Crippen molar-refractivity contribution >= 4 is 17.8 Å². The molecule has 18 nitrogen and oxygen atoms in total. The standard InChI is InChI=1S/C3H6N6.6C2H6O2/c4-1-7-2(5)9-3(6)8-1;6*1-4-2-3/h(H6,4,5,6,7,8,9);6*3H,2H2,1H3. The van der Waals surface area contributed by atoms with Crippen LogP contribution in [0.1, 0.15) is 0 Å². The molecule has 0 unspecified atom stereocenters. The molecule has 0 fully saturated rings. The second kappa shape index (κ2) is 52.1. The number of aromatic nitrogens is 3. The third-order valence-electron chi connectivity index (χ3n) is 1.46. The summed E-state index contributed by atoms with van der Waals surface area (Å²) in [6.07, 6.45) is 0. The number of anilines is 3. The molecule has 12 N–H and O–H groups in total. The zero-order valence-corrected chi connectivity index (χ0v) is 19.9. The van der Waals surface area contributed by atoms with Gasteiger partial charge in [-0.05, 0) is 0 Å². The molecule has 0 aliphatic heterocycles. The molecule has 0 saturated heterocycles. The Morgan fingerprint density at radius 1 is 0.424 bits per heavy atom. The third kappa shape index (κ3) is 92.0. The SMILES string of the molecule is COCO.COCO.COCO.COCO.COCO.COCO.Nc1nc(N)nc(N)n1. The van der Waals surface area contributed by atoms with Crippen LogP contribution in [0, 0.1) is 0 Å². The van der Waals surface area contributed by atoms with E-state index in [1.54, 1.807) is 0 Å². The average molecular weight is 499 g/mol. The highest BCUT2D eigenvalue weighted by molar-refractivity contribution is 5.33. The Balaban J connectivity index is -0.0000000672. The predicted octanol–water partition coefficient (Wildman–Crippen LogP) is -3.89. The van der Waals surface area contributed by atoms with E-state index in [0.29, 0.717) is 0 Å². The molecule has 0 amide bonds. The molecule has 1 rings (SSSR count). The maximum Gasteiger partial charge on any atom is 0.226 e. The van der Waals surface area contributed by atoms with Crippen molar-refractivity contribution in [1.29, 1.82) is 0 Å². The fourth-order valence-electron chi connectivity index (χ4n) is 0.427. The number of aliphatic hydroxyl groups excluding tert-OH is 6. The topological polar surface area (TPSA) is 293 Å². The lowest BCUT2D eigenvalue weighted by atomic mass is 10.9. The summed E-state index contributed by atoms with van der Waals surface area (Å²) in [5.74, 6) is 0.125. The van der Waals surface area contributed by atoms with Gasteiger partial charge in [-0.15, -0.1) is 0 Å². The number of nitrogen functional groups attached to an aromatic ring is 3. The summed E-state index contributed by atoms with van der Waals surface area (Å²) in [6, 6.07) is 0. The monoisotopic (exact) mass is 498 g/mol. The van der Waals surface area contributed by atoms with E-state index < -0.39 is 0 Å². The van der Waals surface area contributed by atoms with E-state index >= 15 is 0 Å². The van der Waals surface area contributed by atoms with E-state index in [-0.39, 0.29) is 58.6 Å². The van der Waals surface area contributed by atoms with Crippen molar-refractivity contribution in [2.75, 3.05) is 101 Å². The highest BCUT2D eigenvalue weighted by Gasteiger charge is 1.93. The molecule has 0 aromatic carbocycles.